The van der Waals surface area contributed by atoms with Crippen LogP contribution in [0, 0.1) is 13.8 Å². The van der Waals surface area contributed by atoms with Gasteiger partial charge in [0, 0.05) is 33.1 Å². The topological polar surface area (TPSA) is 90.0 Å². The fourth-order valence-corrected chi connectivity index (χ4v) is 5.89. The fourth-order valence-electron chi connectivity index (χ4n) is 4.46. The smallest absolute Gasteiger partial charge is 0.304 e. The Hall–Kier alpha value is -3.11. The van der Waals surface area contributed by atoms with Gasteiger partial charge in [0.25, 0.3) is 0 Å². The van der Waals surface area contributed by atoms with Gasteiger partial charge in [-0.25, -0.2) is 4.31 Å². The molecule has 1 unspecified atom stereocenters. The van der Waals surface area contributed by atoms with Gasteiger partial charge in [0.2, 0.25) is 11.8 Å². The first kappa shape index (κ1) is 33.4. The van der Waals surface area contributed by atoms with Crippen LogP contribution in [-0.2, 0) is 32.8 Å². The maximum Gasteiger partial charge on any atom is 0.304 e. The highest BCUT2D eigenvalue weighted by atomic mass is 35.5. The Morgan fingerprint density at radius 1 is 0.881 bits per heavy atom. The number of carbonyl (C=O) groups is 2. The van der Waals surface area contributed by atoms with Crippen LogP contribution in [0.25, 0.3) is 0 Å². The Bertz CT molecular complexity index is 1510. The predicted molar refractivity (Wildman–Crippen MR) is 170 cm³/mol. The molecule has 0 spiro atoms. The molecule has 226 valence electrons. The molecule has 0 aromatic heterocycles. The van der Waals surface area contributed by atoms with Gasteiger partial charge >= 0.3 is 10.2 Å². The molecule has 0 aliphatic heterocycles. The van der Waals surface area contributed by atoms with Crippen LogP contribution in [0.5, 0.6) is 0 Å². The van der Waals surface area contributed by atoms with Gasteiger partial charge in [-0.15, -0.1) is 0 Å². The van der Waals surface area contributed by atoms with Gasteiger partial charge in [-0.3, -0.25) is 9.59 Å². The number of aryl methyl sites for hydroxylation is 2. The van der Waals surface area contributed by atoms with E-state index in [-0.39, 0.29) is 24.9 Å². The van der Waals surface area contributed by atoms with Crippen LogP contribution >= 0.6 is 23.2 Å². The second kappa shape index (κ2) is 14.4. The summed E-state index contributed by atoms with van der Waals surface area (Å²) >= 11 is 12.4. The standard InChI is InChI=1S/C31H38Cl2N4O4S/c1-21(2)34-31(39)29(18-24-10-8-7-9-11-24)36(19-25-14-15-26(32)27(33)17-25)30(38)20-37(42(40,41)35(5)6)28-16-22(3)12-13-23(28)4/h7-17,21,29H,18-20H2,1-6H3,(H,34,39). The van der Waals surface area contributed by atoms with E-state index in [1.165, 1.54) is 19.0 Å². The van der Waals surface area contributed by atoms with Crippen molar-refractivity contribution in [2.24, 2.45) is 0 Å². The summed E-state index contributed by atoms with van der Waals surface area (Å²) in [7, 11) is -1.26. The third kappa shape index (κ3) is 8.47. The summed E-state index contributed by atoms with van der Waals surface area (Å²) in [4.78, 5) is 29.4. The maximum absolute atomic E-state index is 14.3. The minimum Gasteiger partial charge on any atom is -0.352 e. The van der Waals surface area contributed by atoms with E-state index in [0.717, 1.165) is 19.7 Å². The lowest BCUT2D eigenvalue weighted by molar-refractivity contribution is -0.140. The van der Waals surface area contributed by atoms with Crippen LogP contribution < -0.4 is 9.62 Å². The molecule has 0 fully saturated rings. The quantitative estimate of drug-likeness (QED) is 0.290. The van der Waals surface area contributed by atoms with Gasteiger partial charge in [-0.2, -0.15) is 12.7 Å². The molecule has 3 aromatic rings. The molecule has 0 saturated heterocycles. The van der Waals surface area contributed by atoms with E-state index in [1.807, 2.05) is 63.2 Å². The molecule has 1 N–H and O–H groups in total. The highest BCUT2D eigenvalue weighted by Crippen LogP contribution is 2.27. The number of carbonyl (C=O) groups excluding carboxylic acids is 2. The highest BCUT2D eigenvalue weighted by Gasteiger charge is 2.35. The van der Waals surface area contributed by atoms with Crippen LogP contribution in [0.15, 0.2) is 66.7 Å². The average molecular weight is 634 g/mol. The number of anilines is 1. The lowest BCUT2D eigenvalue weighted by Crippen LogP contribution is -2.55. The third-order valence-corrected chi connectivity index (χ3v) is 9.24. The van der Waals surface area contributed by atoms with Crippen LogP contribution in [-0.4, -0.2) is 62.2 Å². The second-order valence-corrected chi connectivity index (χ2v) is 13.6. The van der Waals surface area contributed by atoms with Crippen molar-refractivity contribution < 1.29 is 18.0 Å². The Kier molecular flexibility index (Phi) is 11.4. The van der Waals surface area contributed by atoms with Gasteiger partial charge in [-0.1, -0.05) is 71.7 Å². The van der Waals surface area contributed by atoms with Gasteiger partial charge in [0.15, 0.2) is 0 Å². The minimum atomic E-state index is -4.09. The van der Waals surface area contributed by atoms with E-state index < -0.39 is 28.7 Å². The second-order valence-electron chi connectivity index (χ2n) is 10.7. The Morgan fingerprint density at radius 2 is 1.55 bits per heavy atom. The van der Waals surface area contributed by atoms with Crippen molar-refractivity contribution in [3.8, 4) is 0 Å². The Balaban J connectivity index is 2.15. The monoisotopic (exact) mass is 632 g/mol. The highest BCUT2D eigenvalue weighted by molar-refractivity contribution is 7.90. The molecule has 3 rings (SSSR count). The Morgan fingerprint density at radius 3 is 2.14 bits per heavy atom. The number of nitrogens with zero attached hydrogens (tertiary/aromatic N) is 3. The van der Waals surface area contributed by atoms with Crippen LogP contribution in [0.4, 0.5) is 5.69 Å². The van der Waals surface area contributed by atoms with Crippen molar-refractivity contribution in [1.82, 2.24) is 14.5 Å². The number of hydrogen-bond donors (Lipinski definition) is 1. The van der Waals surface area contributed by atoms with E-state index in [0.29, 0.717) is 26.9 Å². The first-order chi connectivity index (χ1) is 19.7. The predicted octanol–water partition coefficient (Wildman–Crippen LogP) is 5.39. The molecule has 3 aromatic carbocycles. The van der Waals surface area contributed by atoms with E-state index in [1.54, 1.807) is 31.2 Å². The summed E-state index contributed by atoms with van der Waals surface area (Å²) in [5.74, 6) is -0.900. The first-order valence-corrected chi connectivity index (χ1v) is 15.7. The van der Waals surface area contributed by atoms with Crippen molar-refractivity contribution in [1.29, 1.82) is 0 Å². The molecule has 0 aliphatic carbocycles. The third-order valence-electron chi connectivity index (χ3n) is 6.69. The minimum absolute atomic E-state index is 0.00138. The summed E-state index contributed by atoms with van der Waals surface area (Å²) in [5.41, 5.74) is 3.40. The van der Waals surface area contributed by atoms with Crippen LogP contribution in [0.3, 0.4) is 0 Å². The van der Waals surface area contributed by atoms with E-state index >= 15 is 0 Å². The number of halogens is 2. The number of nitrogens with one attached hydrogen (secondary N) is 1. The summed E-state index contributed by atoms with van der Waals surface area (Å²) < 4.78 is 29.4. The SMILES string of the molecule is Cc1ccc(C)c(N(CC(=O)N(Cc2ccc(Cl)c(Cl)c2)C(Cc2ccccc2)C(=O)NC(C)C)S(=O)(=O)N(C)C)c1. The van der Waals surface area contributed by atoms with Crippen LogP contribution in [0.1, 0.15) is 36.1 Å². The zero-order valence-corrected chi connectivity index (χ0v) is 27.1. The van der Waals surface area contributed by atoms with Crippen molar-refractivity contribution >= 4 is 50.9 Å². The van der Waals surface area contributed by atoms with Crippen molar-refractivity contribution in [3.05, 3.63) is 99.0 Å². The molecule has 42 heavy (non-hydrogen) atoms. The number of amides is 2. The normalized spacial score (nSPS) is 12.3. The largest absolute Gasteiger partial charge is 0.352 e. The fraction of sp³-hybridized carbons (Fsp3) is 0.355. The molecular formula is C31H38Cl2N4O4S. The molecule has 8 nitrogen and oxygen atoms in total. The molecule has 0 heterocycles. The molecule has 1 atom stereocenters. The van der Waals surface area contributed by atoms with E-state index in [4.69, 9.17) is 23.2 Å². The lowest BCUT2D eigenvalue weighted by atomic mass is 10.0. The van der Waals surface area contributed by atoms with Gasteiger partial charge in [0.05, 0.1) is 15.7 Å². The number of rotatable bonds is 12. The van der Waals surface area contributed by atoms with Crippen molar-refractivity contribution in [3.63, 3.8) is 0 Å². The summed E-state index contributed by atoms with van der Waals surface area (Å²) in [6.07, 6.45) is 0.219. The molecule has 2 amide bonds. The molecule has 0 saturated carbocycles. The van der Waals surface area contributed by atoms with Crippen molar-refractivity contribution in [2.45, 2.75) is 52.7 Å². The molecule has 11 heteroatoms. The Labute approximate surface area is 259 Å². The first-order valence-electron chi connectivity index (χ1n) is 13.6. The number of hydrogen-bond acceptors (Lipinski definition) is 4. The molecule has 0 aliphatic rings. The molecule has 0 bridgehead atoms. The summed E-state index contributed by atoms with van der Waals surface area (Å²) in [6, 6.07) is 18.7. The lowest BCUT2D eigenvalue weighted by Gasteiger charge is -2.35. The van der Waals surface area contributed by atoms with Crippen LogP contribution in [0.2, 0.25) is 10.0 Å². The zero-order chi connectivity index (χ0) is 31.2. The summed E-state index contributed by atoms with van der Waals surface area (Å²) in [5, 5.41) is 3.60. The maximum atomic E-state index is 14.3. The number of benzene rings is 3. The van der Waals surface area contributed by atoms with Gasteiger partial charge in [0.1, 0.15) is 12.6 Å². The van der Waals surface area contributed by atoms with E-state index in [9.17, 15) is 18.0 Å². The van der Waals surface area contributed by atoms with Gasteiger partial charge in [-0.05, 0) is 68.1 Å². The zero-order valence-electron chi connectivity index (χ0n) is 24.8. The average Bonchev–Trinajstić information content (AvgIpc) is 2.92. The summed E-state index contributed by atoms with van der Waals surface area (Å²) in [6.45, 7) is 6.81. The van der Waals surface area contributed by atoms with Gasteiger partial charge < -0.3 is 10.2 Å². The molecular weight excluding hydrogens is 595 g/mol. The van der Waals surface area contributed by atoms with Crippen molar-refractivity contribution in [2.75, 3.05) is 24.9 Å². The van der Waals surface area contributed by atoms with E-state index in [2.05, 4.69) is 5.32 Å². The molecule has 0 radical (unpaired) electrons.